The van der Waals surface area contributed by atoms with E-state index in [2.05, 4.69) is 26.3 Å². The number of urea groups is 1. The van der Waals surface area contributed by atoms with Gasteiger partial charge in [0, 0.05) is 30.8 Å². The number of H-pyrrole nitrogens is 1. The maximum absolute atomic E-state index is 12.4. The van der Waals surface area contributed by atoms with Gasteiger partial charge in [0.25, 0.3) is 0 Å². The summed E-state index contributed by atoms with van der Waals surface area (Å²) in [6, 6.07) is 18.5. The van der Waals surface area contributed by atoms with E-state index in [0.717, 1.165) is 22.5 Å². The van der Waals surface area contributed by atoms with Crippen LogP contribution in [0.1, 0.15) is 16.8 Å². The lowest BCUT2D eigenvalue weighted by molar-refractivity contribution is -0.115. The van der Waals surface area contributed by atoms with E-state index in [9.17, 15) is 9.59 Å². The molecule has 0 fully saturated rings. The molecule has 2 aromatic carbocycles. The summed E-state index contributed by atoms with van der Waals surface area (Å²) in [4.78, 5) is 24.6. The molecule has 0 saturated carbocycles. The van der Waals surface area contributed by atoms with Gasteiger partial charge in [-0.3, -0.25) is 15.3 Å². The fraction of sp³-hybridized carbons (Fsp3) is 0.190. The first-order valence-corrected chi connectivity index (χ1v) is 9.45. The number of rotatable bonds is 5. The molecule has 0 radical (unpaired) electrons. The van der Waals surface area contributed by atoms with Crippen molar-refractivity contribution in [1.82, 2.24) is 20.6 Å². The topological polar surface area (TPSA) is 102 Å². The van der Waals surface area contributed by atoms with Gasteiger partial charge in [0.15, 0.2) is 0 Å². The summed E-state index contributed by atoms with van der Waals surface area (Å²) >= 11 is 0. The van der Waals surface area contributed by atoms with Crippen molar-refractivity contribution in [2.75, 3.05) is 17.2 Å². The average molecular weight is 390 g/mol. The third-order valence-corrected chi connectivity index (χ3v) is 4.68. The Labute approximate surface area is 168 Å². The number of fused-ring (bicyclic) bond motifs is 1. The molecule has 1 aliphatic rings. The molecule has 0 bridgehead atoms. The lowest BCUT2D eigenvalue weighted by atomic mass is 10.1. The van der Waals surface area contributed by atoms with Crippen LogP contribution in [0.3, 0.4) is 0 Å². The predicted molar refractivity (Wildman–Crippen MR) is 110 cm³/mol. The minimum atomic E-state index is -0.308. The van der Waals surface area contributed by atoms with Gasteiger partial charge in [-0.25, -0.2) is 9.80 Å². The molecule has 0 unspecified atom stereocenters. The number of amides is 3. The fourth-order valence-corrected chi connectivity index (χ4v) is 3.28. The summed E-state index contributed by atoms with van der Waals surface area (Å²) < 4.78 is 0. The highest BCUT2D eigenvalue weighted by molar-refractivity contribution is 5.92. The molecule has 29 heavy (non-hydrogen) atoms. The summed E-state index contributed by atoms with van der Waals surface area (Å²) in [7, 11) is 0. The Hall–Kier alpha value is -3.65. The number of carbonyl (C=O) groups excluding carboxylic acids is 2. The van der Waals surface area contributed by atoms with Gasteiger partial charge in [-0.2, -0.15) is 5.10 Å². The number of carbonyl (C=O) groups is 2. The molecule has 0 spiro atoms. The molecule has 3 amide bonds. The minimum absolute atomic E-state index is 0.116. The SMILES string of the molecule is O=C(Cc1ccccc1)Nc1[nH]nc2c1CN(NC(=O)Nc1ccccc1)CC2. The third-order valence-electron chi connectivity index (χ3n) is 4.68. The molecule has 148 valence electrons. The number of aromatic nitrogens is 2. The van der Waals surface area contributed by atoms with Gasteiger partial charge < -0.3 is 10.6 Å². The molecular formula is C21H22N6O2. The Morgan fingerprint density at radius 2 is 1.72 bits per heavy atom. The van der Waals surface area contributed by atoms with E-state index in [0.29, 0.717) is 25.3 Å². The van der Waals surface area contributed by atoms with Crippen molar-refractivity contribution < 1.29 is 9.59 Å². The van der Waals surface area contributed by atoms with E-state index >= 15 is 0 Å². The maximum Gasteiger partial charge on any atom is 0.333 e. The molecule has 8 nitrogen and oxygen atoms in total. The molecule has 4 rings (SSSR count). The molecule has 0 atom stereocenters. The van der Waals surface area contributed by atoms with Crippen LogP contribution in [0.4, 0.5) is 16.3 Å². The van der Waals surface area contributed by atoms with Crippen molar-refractivity contribution in [3.05, 3.63) is 77.5 Å². The number of aromatic amines is 1. The first-order valence-electron chi connectivity index (χ1n) is 9.45. The number of benzene rings is 2. The lowest BCUT2D eigenvalue weighted by Gasteiger charge is -2.27. The highest BCUT2D eigenvalue weighted by Crippen LogP contribution is 2.23. The molecule has 0 saturated heterocycles. The van der Waals surface area contributed by atoms with Gasteiger partial charge in [0.2, 0.25) is 5.91 Å². The van der Waals surface area contributed by atoms with Crippen LogP contribution in [0.5, 0.6) is 0 Å². The van der Waals surface area contributed by atoms with Crippen LogP contribution in [-0.4, -0.2) is 33.7 Å². The Morgan fingerprint density at radius 1 is 1.00 bits per heavy atom. The number of nitrogens with zero attached hydrogens (tertiary/aromatic N) is 2. The Morgan fingerprint density at radius 3 is 2.48 bits per heavy atom. The van der Waals surface area contributed by atoms with Crippen molar-refractivity contribution >= 4 is 23.4 Å². The number of hydrogen-bond acceptors (Lipinski definition) is 4. The predicted octanol–water partition coefficient (Wildman–Crippen LogP) is 2.69. The zero-order chi connectivity index (χ0) is 20.1. The van der Waals surface area contributed by atoms with E-state index in [1.807, 2.05) is 65.7 Å². The fourth-order valence-electron chi connectivity index (χ4n) is 3.28. The quantitative estimate of drug-likeness (QED) is 0.538. The molecular weight excluding hydrogens is 368 g/mol. The van der Waals surface area contributed by atoms with Crippen molar-refractivity contribution in [2.24, 2.45) is 0 Å². The highest BCUT2D eigenvalue weighted by atomic mass is 16.2. The summed E-state index contributed by atoms with van der Waals surface area (Å²) in [5.41, 5.74) is 6.30. The maximum atomic E-state index is 12.4. The van der Waals surface area contributed by atoms with Crippen molar-refractivity contribution in [3.8, 4) is 0 Å². The van der Waals surface area contributed by atoms with Gasteiger partial charge in [0.1, 0.15) is 5.82 Å². The molecule has 4 N–H and O–H groups in total. The summed E-state index contributed by atoms with van der Waals surface area (Å²) in [6.07, 6.45) is 0.960. The zero-order valence-corrected chi connectivity index (χ0v) is 15.8. The third kappa shape index (κ3) is 4.80. The molecule has 2 heterocycles. The van der Waals surface area contributed by atoms with Crippen LogP contribution in [0.15, 0.2) is 60.7 Å². The monoisotopic (exact) mass is 390 g/mol. The smallest absolute Gasteiger partial charge is 0.311 e. The van der Waals surface area contributed by atoms with Crippen LogP contribution in [0, 0.1) is 0 Å². The normalized spacial score (nSPS) is 13.4. The number of hydrazine groups is 1. The van der Waals surface area contributed by atoms with Crippen LogP contribution in [0.25, 0.3) is 0 Å². The lowest BCUT2D eigenvalue weighted by Crippen LogP contribution is -2.46. The molecule has 1 aromatic heterocycles. The van der Waals surface area contributed by atoms with Gasteiger partial charge in [-0.15, -0.1) is 0 Å². The van der Waals surface area contributed by atoms with Gasteiger partial charge >= 0.3 is 6.03 Å². The number of anilines is 2. The average Bonchev–Trinajstić information content (AvgIpc) is 3.11. The van der Waals surface area contributed by atoms with Gasteiger partial charge in [0.05, 0.1) is 12.1 Å². The van der Waals surface area contributed by atoms with Crippen LogP contribution in [0.2, 0.25) is 0 Å². The van der Waals surface area contributed by atoms with Crippen molar-refractivity contribution in [3.63, 3.8) is 0 Å². The Balaban J connectivity index is 1.36. The van der Waals surface area contributed by atoms with Gasteiger partial charge in [-0.05, 0) is 17.7 Å². The second-order valence-corrected chi connectivity index (χ2v) is 6.84. The largest absolute Gasteiger partial charge is 0.333 e. The first kappa shape index (κ1) is 18.7. The van der Waals surface area contributed by atoms with E-state index in [-0.39, 0.29) is 18.4 Å². The summed E-state index contributed by atoms with van der Waals surface area (Å²) in [5.74, 6) is 0.463. The van der Waals surface area contributed by atoms with Crippen LogP contribution < -0.4 is 16.1 Å². The summed E-state index contributed by atoms with van der Waals surface area (Å²) in [6.45, 7) is 1.09. The highest BCUT2D eigenvalue weighted by Gasteiger charge is 2.24. The van der Waals surface area contributed by atoms with Crippen LogP contribution in [-0.2, 0) is 24.2 Å². The van der Waals surface area contributed by atoms with Crippen molar-refractivity contribution in [2.45, 2.75) is 19.4 Å². The zero-order valence-electron chi connectivity index (χ0n) is 15.8. The molecule has 8 heteroatoms. The van der Waals surface area contributed by atoms with Crippen LogP contribution >= 0.6 is 0 Å². The Kier molecular flexibility index (Phi) is 5.53. The van der Waals surface area contributed by atoms with E-state index in [1.165, 1.54) is 0 Å². The number of para-hydroxylation sites is 1. The first-order chi connectivity index (χ1) is 14.2. The second-order valence-electron chi connectivity index (χ2n) is 6.84. The number of hydrogen-bond donors (Lipinski definition) is 4. The molecule has 0 aliphatic carbocycles. The van der Waals surface area contributed by atoms with Crippen molar-refractivity contribution in [1.29, 1.82) is 0 Å². The standard InChI is InChI=1S/C21H22N6O2/c28-19(13-15-7-3-1-4-8-15)23-20-17-14-27(12-11-18(17)24-25-20)26-21(29)22-16-9-5-2-6-10-16/h1-10H,11-14H2,(H2,22,26,29)(H2,23,24,25,28). The number of nitrogens with one attached hydrogen (secondary N) is 4. The second kappa shape index (κ2) is 8.57. The minimum Gasteiger partial charge on any atom is -0.311 e. The van der Waals surface area contributed by atoms with Gasteiger partial charge in [-0.1, -0.05) is 48.5 Å². The van der Waals surface area contributed by atoms with E-state index in [1.54, 1.807) is 0 Å². The Bertz CT molecular complexity index is 987. The van der Waals surface area contributed by atoms with E-state index < -0.39 is 0 Å². The summed E-state index contributed by atoms with van der Waals surface area (Å²) in [5, 5.41) is 14.7. The molecule has 3 aromatic rings. The van der Waals surface area contributed by atoms with E-state index in [4.69, 9.17) is 0 Å². The molecule has 1 aliphatic heterocycles.